The minimum Gasteiger partial charge on any atom is -0.308 e. The van der Waals surface area contributed by atoms with E-state index in [0.717, 1.165) is 18.5 Å². The number of hydrogen-bond donors (Lipinski definition) is 1. The highest BCUT2D eigenvalue weighted by Crippen LogP contribution is 2.25. The van der Waals surface area contributed by atoms with Gasteiger partial charge < -0.3 is 5.32 Å². The lowest BCUT2D eigenvalue weighted by molar-refractivity contribution is 0.501. The Kier molecular flexibility index (Phi) is 3.19. The molecule has 2 atom stereocenters. The zero-order valence-corrected chi connectivity index (χ0v) is 9.73. The van der Waals surface area contributed by atoms with Crippen LogP contribution in [0.3, 0.4) is 0 Å². The third kappa shape index (κ3) is 2.55. The Balaban J connectivity index is 1.77. The van der Waals surface area contributed by atoms with Crippen molar-refractivity contribution in [3.8, 4) is 0 Å². The van der Waals surface area contributed by atoms with E-state index < -0.39 is 0 Å². The van der Waals surface area contributed by atoms with Gasteiger partial charge in [-0.1, -0.05) is 6.92 Å². The van der Waals surface area contributed by atoms with Crippen LogP contribution in [0.4, 0.5) is 0 Å². The van der Waals surface area contributed by atoms with Gasteiger partial charge in [0.25, 0.3) is 0 Å². The average Bonchev–Trinajstić information content (AvgIpc) is 2.72. The summed E-state index contributed by atoms with van der Waals surface area (Å²) in [6, 6.07) is 0.731. The van der Waals surface area contributed by atoms with Crippen molar-refractivity contribution in [2.75, 3.05) is 0 Å². The minimum absolute atomic E-state index is 0.731. The van der Waals surface area contributed by atoms with Gasteiger partial charge in [0.2, 0.25) is 0 Å². The second-order valence-corrected chi connectivity index (χ2v) is 5.68. The molecule has 0 aliphatic heterocycles. The molecule has 1 aromatic heterocycles. The maximum atomic E-state index is 4.35. The van der Waals surface area contributed by atoms with Crippen molar-refractivity contribution in [1.82, 2.24) is 10.3 Å². The summed E-state index contributed by atoms with van der Waals surface area (Å²) in [5.41, 5.74) is 0. The first-order valence-electron chi connectivity index (χ1n) is 5.38. The molecule has 1 saturated carbocycles. The zero-order chi connectivity index (χ0) is 9.97. The first-order chi connectivity index (χ1) is 6.74. The Labute approximate surface area is 89.8 Å². The van der Waals surface area contributed by atoms with Crippen molar-refractivity contribution < 1.29 is 0 Å². The van der Waals surface area contributed by atoms with Crippen LogP contribution in [0, 0.1) is 12.8 Å². The van der Waals surface area contributed by atoms with Crippen LogP contribution in [0.5, 0.6) is 0 Å². The number of nitrogens with one attached hydrogen (secondary N) is 1. The fourth-order valence-electron chi connectivity index (χ4n) is 2.11. The van der Waals surface area contributed by atoms with E-state index in [-0.39, 0.29) is 0 Å². The summed E-state index contributed by atoms with van der Waals surface area (Å²) in [7, 11) is 0. The van der Waals surface area contributed by atoms with Crippen LogP contribution in [0.25, 0.3) is 0 Å². The normalized spacial score (nSPS) is 27.0. The van der Waals surface area contributed by atoms with Crippen LogP contribution >= 0.6 is 11.3 Å². The van der Waals surface area contributed by atoms with Gasteiger partial charge in [-0.15, -0.1) is 11.3 Å². The van der Waals surface area contributed by atoms with Gasteiger partial charge in [-0.05, 0) is 32.1 Å². The SMILES string of the molecule is Cc1cnc(CNC2CCC(C)C2)s1. The van der Waals surface area contributed by atoms with E-state index in [2.05, 4.69) is 24.1 Å². The molecule has 1 aliphatic rings. The fraction of sp³-hybridized carbons (Fsp3) is 0.727. The monoisotopic (exact) mass is 210 g/mol. The molecule has 0 bridgehead atoms. The molecule has 78 valence electrons. The van der Waals surface area contributed by atoms with Gasteiger partial charge in [-0.2, -0.15) is 0 Å². The Morgan fingerprint density at radius 1 is 1.57 bits per heavy atom. The Bertz CT molecular complexity index is 295. The van der Waals surface area contributed by atoms with Gasteiger partial charge in [0.15, 0.2) is 0 Å². The molecule has 2 rings (SSSR count). The van der Waals surface area contributed by atoms with Crippen LogP contribution in [-0.4, -0.2) is 11.0 Å². The van der Waals surface area contributed by atoms with E-state index in [0.29, 0.717) is 0 Å². The van der Waals surface area contributed by atoms with Crippen LogP contribution in [0.1, 0.15) is 36.1 Å². The van der Waals surface area contributed by atoms with Crippen molar-refractivity contribution >= 4 is 11.3 Å². The highest BCUT2D eigenvalue weighted by atomic mass is 32.1. The van der Waals surface area contributed by atoms with Crippen molar-refractivity contribution in [2.24, 2.45) is 5.92 Å². The van der Waals surface area contributed by atoms with Crippen molar-refractivity contribution in [1.29, 1.82) is 0 Å². The Morgan fingerprint density at radius 3 is 3.00 bits per heavy atom. The van der Waals surface area contributed by atoms with Gasteiger partial charge in [0.05, 0.1) is 0 Å². The summed E-state index contributed by atoms with van der Waals surface area (Å²) in [5, 5.41) is 4.81. The second-order valence-electron chi connectivity index (χ2n) is 4.36. The molecule has 14 heavy (non-hydrogen) atoms. The lowest BCUT2D eigenvalue weighted by Crippen LogP contribution is -2.25. The van der Waals surface area contributed by atoms with Gasteiger partial charge in [0, 0.05) is 23.7 Å². The molecule has 1 aromatic rings. The molecular formula is C11H18N2S. The van der Waals surface area contributed by atoms with Crippen molar-refractivity contribution in [3.05, 3.63) is 16.1 Å². The van der Waals surface area contributed by atoms with Crippen LogP contribution < -0.4 is 5.32 Å². The van der Waals surface area contributed by atoms with Crippen molar-refractivity contribution in [3.63, 3.8) is 0 Å². The topological polar surface area (TPSA) is 24.9 Å². The van der Waals surface area contributed by atoms with Crippen molar-refractivity contribution in [2.45, 2.75) is 45.7 Å². The number of nitrogens with zero attached hydrogens (tertiary/aromatic N) is 1. The molecule has 1 heterocycles. The predicted molar refractivity (Wildman–Crippen MR) is 60.5 cm³/mol. The van der Waals surface area contributed by atoms with E-state index in [1.54, 1.807) is 11.3 Å². The standard InChI is InChI=1S/C11H18N2S/c1-8-3-4-10(5-8)12-7-11-13-6-9(2)14-11/h6,8,10,12H,3-5,7H2,1-2H3. The third-order valence-corrected chi connectivity index (χ3v) is 3.82. The molecule has 1 fully saturated rings. The summed E-state index contributed by atoms with van der Waals surface area (Å²) in [6.07, 6.45) is 6.02. The van der Waals surface area contributed by atoms with Crippen LogP contribution in [0.15, 0.2) is 6.20 Å². The van der Waals surface area contributed by atoms with Gasteiger partial charge in [-0.25, -0.2) is 4.98 Å². The molecule has 0 spiro atoms. The Hall–Kier alpha value is -0.410. The number of aromatic nitrogens is 1. The third-order valence-electron chi connectivity index (χ3n) is 2.91. The quantitative estimate of drug-likeness (QED) is 0.829. The number of rotatable bonds is 3. The van der Waals surface area contributed by atoms with Gasteiger partial charge >= 0.3 is 0 Å². The number of thiazole rings is 1. The molecule has 1 aliphatic carbocycles. The summed E-state index contributed by atoms with van der Waals surface area (Å²) in [4.78, 5) is 5.66. The molecule has 1 N–H and O–H groups in total. The molecule has 2 nitrogen and oxygen atoms in total. The number of aryl methyl sites for hydroxylation is 1. The van der Waals surface area contributed by atoms with Gasteiger partial charge in [-0.3, -0.25) is 0 Å². The fourth-order valence-corrected chi connectivity index (χ4v) is 2.85. The molecule has 2 unspecified atom stereocenters. The predicted octanol–water partition coefficient (Wildman–Crippen LogP) is 2.73. The van der Waals surface area contributed by atoms with E-state index >= 15 is 0 Å². The average molecular weight is 210 g/mol. The largest absolute Gasteiger partial charge is 0.308 e. The van der Waals surface area contributed by atoms with E-state index in [1.807, 2.05) is 6.20 Å². The molecule has 0 saturated heterocycles. The lowest BCUT2D eigenvalue weighted by atomic mass is 10.1. The first-order valence-corrected chi connectivity index (χ1v) is 6.20. The van der Waals surface area contributed by atoms with Gasteiger partial charge in [0.1, 0.15) is 5.01 Å². The zero-order valence-electron chi connectivity index (χ0n) is 8.92. The first kappa shape index (κ1) is 10.1. The van der Waals surface area contributed by atoms with Crippen LogP contribution in [-0.2, 0) is 6.54 Å². The minimum atomic E-state index is 0.731. The van der Waals surface area contributed by atoms with E-state index in [1.165, 1.54) is 29.1 Å². The molecule has 3 heteroatoms. The molecule has 0 amide bonds. The summed E-state index contributed by atoms with van der Waals surface area (Å²) in [5.74, 6) is 0.908. The molecule has 0 radical (unpaired) electrons. The van der Waals surface area contributed by atoms with Crippen LogP contribution in [0.2, 0.25) is 0 Å². The lowest BCUT2D eigenvalue weighted by Gasteiger charge is -2.10. The Morgan fingerprint density at radius 2 is 2.43 bits per heavy atom. The summed E-state index contributed by atoms with van der Waals surface area (Å²) in [6.45, 7) is 5.41. The van der Waals surface area contributed by atoms with E-state index in [4.69, 9.17) is 0 Å². The highest BCUT2D eigenvalue weighted by Gasteiger charge is 2.20. The highest BCUT2D eigenvalue weighted by molar-refractivity contribution is 7.11. The maximum absolute atomic E-state index is 4.35. The molecule has 0 aromatic carbocycles. The smallest absolute Gasteiger partial charge is 0.107 e. The maximum Gasteiger partial charge on any atom is 0.107 e. The summed E-state index contributed by atoms with van der Waals surface area (Å²) < 4.78 is 0. The summed E-state index contributed by atoms with van der Waals surface area (Å²) >= 11 is 1.80. The second kappa shape index (κ2) is 4.41. The number of hydrogen-bond acceptors (Lipinski definition) is 3. The van der Waals surface area contributed by atoms with E-state index in [9.17, 15) is 0 Å². The molecular weight excluding hydrogens is 192 g/mol.